The van der Waals surface area contributed by atoms with Crippen molar-refractivity contribution in [1.82, 2.24) is 14.5 Å². The number of carbonyl (C=O) groups is 1. The lowest BCUT2D eigenvalue weighted by atomic mass is 10.2. The highest BCUT2D eigenvalue weighted by Crippen LogP contribution is 2.22. The molecule has 2 aromatic carbocycles. The first-order chi connectivity index (χ1) is 14.2. The molecule has 0 aliphatic rings. The Labute approximate surface area is 170 Å². The van der Waals surface area contributed by atoms with Crippen LogP contribution in [0.25, 0.3) is 5.69 Å². The highest BCUT2D eigenvalue weighted by atomic mass is 32.2. The summed E-state index contributed by atoms with van der Waals surface area (Å²) in [7, 11) is -4.14. The number of anilines is 1. The highest BCUT2D eigenvalue weighted by Gasteiger charge is 2.21. The molecule has 0 saturated carbocycles. The fourth-order valence-electron chi connectivity index (χ4n) is 2.49. The first-order valence-electron chi connectivity index (χ1n) is 8.34. The maximum absolute atomic E-state index is 12.4. The zero-order valence-corrected chi connectivity index (χ0v) is 16.3. The second kappa shape index (κ2) is 8.02. The Balaban J connectivity index is 1.86. The van der Waals surface area contributed by atoms with Crippen LogP contribution in [-0.4, -0.2) is 29.2 Å². The van der Waals surface area contributed by atoms with E-state index in [1.165, 1.54) is 42.6 Å². The molecular weight excluding hydrogens is 412 g/mol. The minimum Gasteiger partial charge on any atom is -0.290 e. The van der Waals surface area contributed by atoms with Crippen molar-refractivity contribution in [3.63, 3.8) is 0 Å². The van der Waals surface area contributed by atoms with Gasteiger partial charge in [-0.25, -0.2) is 22.6 Å². The van der Waals surface area contributed by atoms with E-state index in [9.17, 15) is 28.6 Å². The number of nitrogens with one attached hydrogen (secondary N) is 2. The van der Waals surface area contributed by atoms with Gasteiger partial charge in [-0.05, 0) is 31.2 Å². The van der Waals surface area contributed by atoms with Crippen LogP contribution in [0.2, 0.25) is 0 Å². The number of nitro benzene ring substituents is 1. The zero-order valence-electron chi connectivity index (χ0n) is 15.4. The average Bonchev–Trinajstić information content (AvgIpc) is 3.10. The lowest BCUT2D eigenvalue weighted by molar-refractivity contribution is -0.384. The standard InChI is InChI=1S/C18H14N6O5S/c1-12-2-8-16(9-3-12)30(28,29)22-18(25)21-17-13(10-19)11-20-23(17)14-4-6-15(7-5-14)24(26)27/h2-9,11H,1H3,(H2,21,22,25). The molecule has 0 unspecified atom stereocenters. The van der Waals surface area contributed by atoms with Gasteiger partial charge in [-0.1, -0.05) is 17.7 Å². The van der Waals surface area contributed by atoms with E-state index in [0.717, 1.165) is 10.2 Å². The molecule has 30 heavy (non-hydrogen) atoms. The number of amides is 2. The van der Waals surface area contributed by atoms with Crippen molar-refractivity contribution < 1.29 is 18.1 Å². The molecule has 0 fully saturated rings. The fraction of sp³-hybridized carbons (Fsp3) is 0.0556. The van der Waals surface area contributed by atoms with E-state index in [0.29, 0.717) is 5.69 Å². The number of nitrogens with zero attached hydrogens (tertiary/aromatic N) is 4. The van der Waals surface area contributed by atoms with Crippen molar-refractivity contribution in [3.05, 3.63) is 76.0 Å². The Morgan fingerprint density at radius 1 is 1.17 bits per heavy atom. The quantitative estimate of drug-likeness (QED) is 0.468. The van der Waals surface area contributed by atoms with Gasteiger partial charge >= 0.3 is 6.03 Å². The van der Waals surface area contributed by atoms with Gasteiger partial charge in [0.25, 0.3) is 15.7 Å². The van der Waals surface area contributed by atoms with Gasteiger partial charge in [0.15, 0.2) is 5.82 Å². The molecule has 0 aliphatic heterocycles. The normalized spacial score (nSPS) is 10.8. The SMILES string of the molecule is Cc1ccc(S(=O)(=O)NC(=O)Nc2c(C#N)cnn2-c2ccc([N+](=O)[O-])cc2)cc1. The number of carbonyl (C=O) groups excluding carboxylic acids is 1. The Kier molecular flexibility index (Phi) is 5.48. The van der Waals surface area contributed by atoms with Crippen molar-refractivity contribution in [2.45, 2.75) is 11.8 Å². The molecule has 0 bridgehead atoms. The highest BCUT2D eigenvalue weighted by molar-refractivity contribution is 7.90. The van der Waals surface area contributed by atoms with Gasteiger partial charge in [0, 0.05) is 12.1 Å². The third-order valence-electron chi connectivity index (χ3n) is 3.99. The maximum Gasteiger partial charge on any atom is 0.334 e. The van der Waals surface area contributed by atoms with Crippen LogP contribution >= 0.6 is 0 Å². The van der Waals surface area contributed by atoms with Crippen LogP contribution in [0.1, 0.15) is 11.1 Å². The number of aromatic nitrogens is 2. The molecule has 0 spiro atoms. The van der Waals surface area contributed by atoms with Gasteiger partial charge in [0.05, 0.1) is 21.7 Å². The number of hydrogen-bond acceptors (Lipinski definition) is 7. The van der Waals surface area contributed by atoms with Crippen molar-refractivity contribution in [2.75, 3.05) is 5.32 Å². The summed E-state index contributed by atoms with van der Waals surface area (Å²) < 4.78 is 27.8. The molecule has 1 heterocycles. The molecule has 0 radical (unpaired) electrons. The van der Waals surface area contributed by atoms with E-state index >= 15 is 0 Å². The molecule has 0 saturated heterocycles. The van der Waals surface area contributed by atoms with Crippen LogP contribution in [0.15, 0.2) is 59.6 Å². The largest absolute Gasteiger partial charge is 0.334 e. The topological polar surface area (TPSA) is 160 Å². The number of hydrogen-bond donors (Lipinski definition) is 2. The lowest BCUT2D eigenvalue weighted by Gasteiger charge is -2.11. The van der Waals surface area contributed by atoms with Crippen LogP contribution in [0.3, 0.4) is 0 Å². The minimum absolute atomic E-state index is 0.0313. The van der Waals surface area contributed by atoms with Crippen molar-refractivity contribution in [1.29, 1.82) is 5.26 Å². The van der Waals surface area contributed by atoms with Gasteiger partial charge in [-0.3, -0.25) is 15.4 Å². The summed E-state index contributed by atoms with van der Waals surface area (Å²) in [5.74, 6) is -0.0945. The van der Waals surface area contributed by atoms with Gasteiger partial charge in [0.1, 0.15) is 11.6 Å². The Morgan fingerprint density at radius 3 is 2.37 bits per heavy atom. The second-order valence-electron chi connectivity index (χ2n) is 6.08. The van der Waals surface area contributed by atoms with Crippen LogP contribution in [-0.2, 0) is 10.0 Å². The maximum atomic E-state index is 12.4. The number of nitro groups is 1. The summed E-state index contributed by atoms with van der Waals surface area (Å²) in [6.07, 6.45) is 1.17. The summed E-state index contributed by atoms with van der Waals surface area (Å²) in [5, 5.41) is 26.3. The number of nitriles is 1. The van der Waals surface area contributed by atoms with Gasteiger partial charge in [-0.15, -0.1) is 0 Å². The first kappa shape index (κ1) is 20.5. The van der Waals surface area contributed by atoms with Crippen molar-refractivity contribution in [2.24, 2.45) is 0 Å². The predicted octanol–water partition coefficient (Wildman–Crippen LogP) is 2.47. The summed E-state index contributed by atoms with van der Waals surface area (Å²) in [5.41, 5.74) is 0.988. The molecule has 12 heteroatoms. The van der Waals surface area contributed by atoms with E-state index in [4.69, 9.17) is 0 Å². The third-order valence-corrected chi connectivity index (χ3v) is 5.33. The number of urea groups is 1. The number of non-ortho nitro benzene ring substituents is 1. The van der Waals surface area contributed by atoms with Crippen LogP contribution < -0.4 is 10.0 Å². The molecule has 0 aliphatic carbocycles. The minimum atomic E-state index is -4.14. The zero-order chi connectivity index (χ0) is 21.9. The smallest absolute Gasteiger partial charge is 0.290 e. The summed E-state index contributed by atoms with van der Waals surface area (Å²) >= 11 is 0. The van der Waals surface area contributed by atoms with Crippen molar-refractivity contribution >= 4 is 27.6 Å². The van der Waals surface area contributed by atoms with E-state index in [2.05, 4.69) is 10.4 Å². The second-order valence-corrected chi connectivity index (χ2v) is 7.76. The summed E-state index contributed by atoms with van der Waals surface area (Å²) in [6, 6.07) is 11.8. The van der Waals surface area contributed by atoms with Crippen LogP contribution in [0, 0.1) is 28.4 Å². The molecule has 11 nitrogen and oxygen atoms in total. The van der Waals surface area contributed by atoms with E-state index in [1.54, 1.807) is 19.1 Å². The number of aryl methyl sites for hydroxylation is 1. The number of benzene rings is 2. The van der Waals surface area contributed by atoms with Crippen LogP contribution in [0.5, 0.6) is 0 Å². The van der Waals surface area contributed by atoms with Gasteiger partial charge in [-0.2, -0.15) is 10.4 Å². The fourth-order valence-corrected chi connectivity index (χ4v) is 3.40. The molecule has 3 aromatic rings. The monoisotopic (exact) mass is 426 g/mol. The van der Waals surface area contributed by atoms with E-state index in [-0.39, 0.29) is 22.0 Å². The average molecular weight is 426 g/mol. The number of rotatable bonds is 5. The molecule has 3 rings (SSSR count). The summed E-state index contributed by atoms with van der Waals surface area (Å²) in [6.45, 7) is 1.79. The molecule has 2 amide bonds. The van der Waals surface area contributed by atoms with Crippen molar-refractivity contribution in [3.8, 4) is 11.8 Å². The molecular formula is C18H14N6O5S. The predicted molar refractivity (Wildman–Crippen MR) is 105 cm³/mol. The molecule has 2 N–H and O–H groups in total. The van der Waals surface area contributed by atoms with Gasteiger partial charge in [0.2, 0.25) is 0 Å². The Bertz CT molecular complexity index is 1260. The summed E-state index contributed by atoms with van der Waals surface area (Å²) in [4.78, 5) is 22.4. The third kappa shape index (κ3) is 4.26. The van der Waals surface area contributed by atoms with E-state index < -0.39 is 21.0 Å². The van der Waals surface area contributed by atoms with Gasteiger partial charge < -0.3 is 0 Å². The molecule has 0 atom stereocenters. The lowest BCUT2D eigenvalue weighted by Crippen LogP contribution is -2.35. The molecule has 1 aromatic heterocycles. The van der Waals surface area contributed by atoms with Crippen LogP contribution in [0.4, 0.5) is 16.3 Å². The van der Waals surface area contributed by atoms with E-state index in [1.807, 2.05) is 10.8 Å². The Morgan fingerprint density at radius 2 is 1.80 bits per heavy atom. The molecule has 152 valence electrons. The number of sulfonamides is 1. The Hall–Kier alpha value is -4.24. The first-order valence-corrected chi connectivity index (χ1v) is 9.83.